The predicted molar refractivity (Wildman–Crippen MR) is 76.8 cm³/mol. The highest BCUT2D eigenvalue weighted by atomic mass is 79.9. The summed E-state index contributed by atoms with van der Waals surface area (Å²) in [6.45, 7) is 6.19. The van der Waals surface area contributed by atoms with Gasteiger partial charge in [-0.05, 0) is 41.8 Å². The van der Waals surface area contributed by atoms with Gasteiger partial charge in [0.15, 0.2) is 0 Å². The Kier molecular flexibility index (Phi) is 4.61. The van der Waals surface area contributed by atoms with Crippen molar-refractivity contribution < 1.29 is 9.13 Å². The van der Waals surface area contributed by atoms with Gasteiger partial charge in [0, 0.05) is 11.5 Å². The molecule has 2 rings (SSSR count). The molecular formula is C14H20BrFN2O. The second kappa shape index (κ2) is 5.87. The average Bonchev–Trinajstić information content (AvgIpc) is 2.62. The van der Waals surface area contributed by atoms with Crippen LogP contribution in [0.3, 0.4) is 0 Å². The molecule has 5 heteroatoms. The lowest BCUT2D eigenvalue weighted by Gasteiger charge is -2.29. The highest BCUT2D eigenvalue weighted by Gasteiger charge is 2.42. The van der Waals surface area contributed by atoms with E-state index in [0.717, 1.165) is 0 Å². The van der Waals surface area contributed by atoms with E-state index in [4.69, 9.17) is 10.6 Å². The lowest BCUT2D eigenvalue weighted by molar-refractivity contribution is 0.0473. The van der Waals surface area contributed by atoms with Crippen LogP contribution in [0.5, 0.6) is 0 Å². The molecule has 0 saturated carbocycles. The molecule has 1 aromatic carbocycles. The summed E-state index contributed by atoms with van der Waals surface area (Å²) in [5.74, 6) is 5.88. The average molecular weight is 331 g/mol. The van der Waals surface area contributed by atoms with Gasteiger partial charge in [-0.3, -0.25) is 11.3 Å². The van der Waals surface area contributed by atoms with E-state index in [1.165, 1.54) is 0 Å². The van der Waals surface area contributed by atoms with Crippen molar-refractivity contribution in [1.82, 2.24) is 5.43 Å². The third kappa shape index (κ3) is 2.70. The normalized spacial score (nSPS) is 32.5. The molecule has 0 aliphatic carbocycles. The molecule has 1 aliphatic heterocycles. The molecule has 0 radical (unpaired) electrons. The summed E-state index contributed by atoms with van der Waals surface area (Å²) >= 11 is 3.22. The van der Waals surface area contributed by atoms with E-state index in [9.17, 15) is 4.39 Å². The first-order valence-corrected chi connectivity index (χ1v) is 7.32. The van der Waals surface area contributed by atoms with Crippen LogP contribution >= 0.6 is 15.9 Å². The van der Waals surface area contributed by atoms with Gasteiger partial charge in [-0.2, -0.15) is 0 Å². The minimum absolute atomic E-state index is 0.0458. The summed E-state index contributed by atoms with van der Waals surface area (Å²) in [7, 11) is 0. The van der Waals surface area contributed by atoms with Crippen LogP contribution in [0.15, 0.2) is 22.7 Å². The van der Waals surface area contributed by atoms with Gasteiger partial charge in [-0.1, -0.05) is 19.1 Å². The van der Waals surface area contributed by atoms with Crippen molar-refractivity contribution in [2.24, 2.45) is 17.7 Å². The lowest BCUT2D eigenvalue weighted by atomic mass is 9.80. The maximum atomic E-state index is 14.3. The third-order valence-corrected chi connectivity index (χ3v) is 4.81. The van der Waals surface area contributed by atoms with Crippen LogP contribution in [-0.2, 0) is 4.74 Å². The van der Waals surface area contributed by atoms with E-state index in [0.29, 0.717) is 16.0 Å². The molecule has 3 N–H and O–H groups in total. The Bertz CT molecular complexity index is 457. The van der Waals surface area contributed by atoms with E-state index >= 15 is 0 Å². The fourth-order valence-corrected chi connectivity index (χ4v) is 3.42. The van der Waals surface area contributed by atoms with Crippen molar-refractivity contribution in [2.75, 3.05) is 0 Å². The zero-order chi connectivity index (χ0) is 14.2. The number of benzene rings is 1. The summed E-state index contributed by atoms with van der Waals surface area (Å²) in [4.78, 5) is 0. The van der Waals surface area contributed by atoms with Crippen LogP contribution in [0.25, 0.3) is 0 Å². The minimum atomic E-state index is -0.260. The third-order valence-electron chi connectivity index (χ3n) is 4.20. The first-order chi connectivity index (χ1) is 8.97. The number of ether oxygens (including phenoxy) is 1. The number of hydrogen-bond donors (Lipinski definition) is 2. The van der Waals surface area contributed by atoms with Crippen LogP contribution in [-0.4, -0.2) is 12.2 Å². The van der Waals surface area contributed by atoms with Gasteiger partial charge >= 0.3 is 0 Å². The highest BCUT2D eigenvalue weighted by Crippen LogP contribution is 2.41. The molecule has 1 heterocycles. The number of nitrogens with two attached hydrogens (primary N) is 1. The summed E-state index contributed by atoms with van der Waals surface area (Å²) in [6, 6.07) is 5.02. The van der Waals surface area contributed by atoms with Gasteiger partial charge in [-0.15, -0.1) is 0 Å². The van der Waals surface area contributed by atoms with Crippen molar-refractivity contribution in [3.63, 3.8) is 0 Å². The fourth-order valence-electron chi connectivity index (χ4n) is 3.04. The topological polar surface area (TPSA) is 47.3 Å². The summed E-state index contributed by atoms with van der Waals surface area (Å²) in [5.41, 5.74) is 3.35. The van der Waals surface area contributed by atoms with Crippen molar-refractivity contribution in [3.8, 4) is 0 Å². The summed E-state index contributed by atoms with van der Waals surface area (Å²) in [5, 5.41) is 0. The SMILES string of the molecule is CC1OC(C)C(C(NN)c2cccc(Br)c2F)C1C. The summed E-state index contributed by atoms with van der Waals surface area (Å²) in [6.07, 6.45) is 0.204. The number of nitrogens with one attached hydrogen (secondary N) is 1. The molecule has 106 valence electrons. The second-order valence-corrected chi connectivity index (χ2v) is 6.12. The van der Waals surface area contributed by atoms with Crippen molar-refractivity contribution in [2.45, 2.75) is 39.0 Å². The first kappa shape index (κ1) is 14.9. The van der Waals surface area contributed by atoms with Crippen molar-refractivity contribution >= 4 is 15.9 Å². The smallest absolute Gasteiger partial charge is 0.142 e. The van der Waals surface area contributed by atoms with Gasteiger partial charge in [-0.25, -0.2) is 4.39 Å². The number of hydrazine groups is 1. The van der Waals surface area contributed by atoms with Crippen LogP contribution in [0.1, 0.15) is 32.4 Å². The second-order valence-electron chi connectivity index (χ2n) is 5.27. The molecule has 1 aromatic rings. The first-order valence-electron chi connectivity index (χ1n) is 6.52. The molecule has 1 aliphatic rings. The van der Waals surface area contributed by atoms with Crippen molar-refractivity contribution in [3.05, 3.63) is 34.1 Å². The maximum absolute atomic E-state index is 14.3. The molecule has 0 bridgehead atoms. The molecule has 19 heavy (non-hydrogen) atoms. The Hall–Kier alpha value is -0.490. The maximum Gasteiger partial charge on any atom is 0.142 e. The van der Waals surface area contributed by atoms with Crippen molar-refractivity contribution in [1.29, 1.82) is 0 Å². The Morgan fingerprint density at radius 1 is 1.32 bits per heavy atom. The zero-order valence-corrected chi connectivity index (χ0v) is 12.9. The minimum Gasteiger partial charge on any atom is -0.375 e. The van der Waals surface area contributed by atoms with E-state index in [1.807, 2.05) is 19.9 Å². The van der Waals surface area contributed by atoms with Gasteiger partial charge < -0.3 is 4.74 Å². The fraction of sp³-hybridized carbons (Fsp3) is 0.571. The quantitative estimate of drug-likeness (QED) is 0.661. The molecule has 5 atom stereocenters. The molecule has 0 aromatic heterocycles. The largest absolute Gasteiger partial charge is 0.375 e. The predicted octanol–water partition coefficient (Wildman–Crippen LogP) is 3.15. The van der Waals surface area contributed by atoms with E-state index in [-0.39, 0.29) is 30.0 Å². The summed E-state index contributed by atoms with van der Waals surface area (Å²) < 4.78 is 20.5. The van der Waals surface area contributed by atoms with Crippen LogP contribution in [0.2, 0.25) is 0 Å². The molecular weight excluding hydrogens is 311 g/mol. The number of rotatable bonds is 3. The molecule has 1 fully saturated rings. The number of halogens is 2. The lowest BCUT2D eigenvalue weighted by Crippen LogP contribution is -2.39. The Labute approximate surface area is 121 Å². The zero-order valence-electron chi connectivity index (χ0n) is 11.4. The van der Waals surface area contributed by atoms with Crippen LogP contribution < -0.4 is 11.3 Å². The van der Waals surface area contributed by atoms with Gasteiger partial charge in [0.1, 0.15) is 5.82 Å². The van der Waals surface area contributed by atoms with Gasteiger partial charge in [0.2, 0.25) is 0 Å². The standard InChI is InChI=1S/C14H20BrFN2O/c1-7-8(2)19-9(3)12(7)14(18-17)10-5-4-6-11(15)13(10)16/h4-9,12,14,18H,17H2,1-3H3. The molecule has 1 saturated heterocycles. The van der Waals surface area contributed by atoms with Gasteiger partial charge in [0.25, 0.3) is 0 Å². The van der Waals surface area contributed by atoms with Crippen LogP contribution in [0.4, 0.5) is 4.39 Å². The van der Waals surface area contributed by atoms with Gasteiger partial charge in [0.05, 0.1) is 22.7 Å². The molecule has 3 nitrogen and oxygen atoms in total. The highest BCUT2D eigenvalue weighted by molar-refractivity contribution is 9.10. The Balaban J connectivity index is 2.37. The Morgan fingerprint density at radius 2 is 2.00 bits per heavy atom. The molecule has 0 spiro atoms. The Morgan fingerprint density at radius 3 is 2.53 bits per heavy atom. The van der Waals surface area contributed by atoms with E-state index in [2.05, 4.69) is 28.3 Å². The molecule has 0 amide bonds. The molecule has 5 unspecified atom stereocenters. The number of hydrogen-bond acceptors (Lipinski definition) is 3. The van der Waals surface area contributed by atoms with E-state index in [1.54, 1.807) is 12.1 Å². The monoisotopic (exact) mass is 330 g/mol. The van der Waals surface area contributed by atoms with E-state index < -0.39 is 0 Å². The van der Waals surface area contributed by atoms with Crippen LogP contribution in [0, 0.1) is 17.7 Å².